The van der Waals surface area contributed by atoms with Crippen LogP contribution in [0.3, 0.4) is 0 Å². The zero-order valence-corrected chi connectivity index (χ0v) is 27.6. The third-order valence-corrected chi connectivity index (χ3v) is 8.09. The van der Waals surface area contributed by atoms with Gasteiger partial charge in [-0.1, -0.05) is 70.5 Å². The number of alkyl carbamates (subject to hydrolysis) is 1. The molecule has 45 heavy (non-hydrogen) atoms. The van der Waals surface area contributed by atoms with Gasteiger partial charge in [-0.3, -0.25) is 19.2 Å². The van der Waals surface area contributed by atoms with Crippen LogP contribution in [0.1, 0.15) is 77.8 Å². The molecule has 1 fully saturated rings. The van der Waals surface area contributed by atoms with Crippen LogP contribution >= 0.6 is 0 Å². The normalized spacial score (nSPS) is 17.6. The Morgan fingerprint density at radius 3 is 2.18 bits per heavy atom. The molecular weight excluding hydrogens is 572 g/mol. The van der Waals surface area contributed by atoms with Crippen LogP contribution in [-0.4, -0.2) is 71.8 Å². The summed E-state index contributed by atoms with van der Waals surface area (Å²) >= 11 is 0. The molecule has 2 aliphatic rings. The Labute approximate surface area is 268 Å². The number of benzene rings is 1. The van der Waals surface area contributed by atoms with E-state index in [1.807, 2.05) is 38.1 Å². The lowest BCUT2D eigenvalue weighted by atomic mass is 9.95. The minimum Gasteiger partial charge on any atom is -0.446 e. The van der Waals surface area contributed by atoms with Crippen molar-refractivity contribution in [3.8, 4) is 0 Å². The van der Waals surface area contributed by atoms with Gasteiger partial charge in [0.1, 0.15) is 18.2 Å². The monoisotopic (exact) mass is 624 g/mol. The first-order valence-electron chi connectivity index (χ1n) is 16.2. The Morgan fingerprint density at radius 1 is 1.00 bits per heavy atom. The van der Waals surface area contributed by atoms with E-state index in [0.717, 1.165) is 11.1 Å². The molecule has 1 aromatic carbocycles. The summed E-state index contributed by atoms with van der Waals surface area (Å²) in [6, 6.07) is 5.14. The number of fused-ring (bicyclic) bond motifs is 1. The van der Waals surface area contributed by atoms with Gasteiger partial charge in [-0.15, -0.1) is 13.2 Å². The van der Waals surface area contributed by atoms with E-state index in [9.17, 15) is 24.0 Å². The first-order valence-corrected chi connectivity index (χ1v) is 16.2. The van der Waals surface area contributed by atoms with Crippen molar-refractivity contribution in [1.82, 2.24) is 20.9 Å². The number of carbonyl (C=O) groups is 5. The molecule has 3 N–H and O–H groups in total. The summed E-state index contributed by atoms with van der Waals surface area (Å²) in [7, 11) is 0. The Balaban J connectivity index is 0.00000226. The van der Waals surface area contributed by atoms with E-state index in [1.165, 1.54) is 17.4 Å². The number of allylic oxidation sites excluding steroid dienone is 1. The predicted molar refractivity (Wildman–Crippen MR) is 175 cm³/mol. The SMILES string of the molecule is C=CCCC(NC(=O)[C@@H]1CCCN1C(=O)[C@@H](NC(=O)OC(C)C(C)C)C1Cc2ccccc2C1)C(=O)C(=O)NCC=C.CCC. The van der Waals surface area contributed by atoms with Gasteiger partial charge in [0.05, 0.1) is 6.04 Å². The van der Waals surface area contributed by atoms with Crippen LogP contribution in [0.15, 0.2) is 49.6 Å². The van der Waals surface area contributed by atoms with Crippen LogP contribution in [0.2, 0.25) is 0 Å². The standard InChI is InChI=1S/C32H44N4O6.C3H8/c1-6-8-14-25(28(37)30(39)33-16-7-2)34-29(38)26-15-11-17-36(26)31(40)27(35-32(41)42-21(5)20(3)4)24-18-22-12-9-10-13-23(22)19-24;1-3-2/h6-7,9-10,12-13,20-21,24-27H,1-2,8,11,14-19H2,3-5H3,(H,33,39)(H,34,38)(H,35,41);3H2,1-2H3/t21?,25?,26-,27-;/m0./s1. The fourth-order valence-corrected chi connectivity index (χ4v) is 5.39. The fraction of sp³-hybridized carbons (Fsp3) is 0.571. The lowest BCUT2D eigenvalue weighted by molar-refractivity contribution is -0.143. The fourth-order valence-electron chi connectivity index (χ4n) is 5.39. The first-order chi connectivity index (χ1) is 21.5. The van der Waals surface area contributed by atoms with Crippen molar-refractivity contribution < 1.29 is 28.7 Å². The van der Waals surface area contributed by atoms with E-state index >= 15 is 0 Å². The number of likely N-dealkylation sites (tertiary alicyclic amines) is 1. The first kappa shape index (κ1) is 37.2. The Kier molecular flexibility index (Phi) is 15.5. The van der Waals surface area contributed by atoms with Gasteiger partial charge in [-0.25, -0.2) is 4.79 Å². The number of carbonyl (C=O) groups excluding carboxylic acids is 5. The van der Waals surface area contributed by atoms with E-state index < -0.39 is 41.8 Å². The van der Waals surface area contributed by atoms with Crippen molar-refractivity contribution in [2.75, 3.05) is 13.1 Å². The molecule has 1 aromatic rings. The number of nitrogens with zero attached hydrogens (tertiary/aromatic N) is 1. The van der Waals surface area contributed by atoms with Gasteiger partial charge in [-0.05, 0) is 68.4 Å². The lowest BCUT2D eigenvalue weighted by Gasteiger charge is -2.32. The highest BCUT2D eigenvalue weighted by Gasteiger charge is 2.43. The number of Topliss-reactive ketones (excluding diaryl/α,β-unsaturated/α-hetero) is 1. The molecule has 0 aromatic heterocycles. The van der Waals surface area contributed by atoms with Crippen LogP contribution in [0, 0.1) is 11.8 Å². The third kappa shape index (κ3) is 10.9. The summed E-state index contributed by atoms with van der Waals surface area (Å²) in [6.45, 7) is 17.6. The van der Waals surface area contributed by atoms with Gasteiger partial charge in [0.25, 0.3) is 5.91 Å². The maximum atomic E-state index is 14.1. The van der Waals surface area contributed by atoms with Crippen LogP contribution in [0.25, 0.3) is 0 Å². The summed E-state index contributed by atoms with van der Waals surface area (Å²) in [5.41, 5.74) is 2.25. The van der Waals surface area contributed by atoms with Crippen molar-refractivity contribution in [2.45, 2.75) is 104 Å². The molecule has 4 atom stereocenters. The van der Waals surface area contributed by atoms with Crippen molar-refractivity contribution in [3.05, 3.63) is 60.7 Å². The average Bonchev–Trinajstić information content (AvgIpc) is 3.68. The lowest BCUT2D eigenvalue weighted by Crippen LogP contribution is -2.58. The van der Waals surface area contributed by atoms with Crippen molar-refractivity contribution in [3.63, 3.8) is 0 Å². The van der Waals surface area contributed by atoms with E-state index in [-0.39, 0.29) is 36.8 Å². The predicted octanol–water partition coefficient (Wildman–Crippen LogP) is 4.27. The average molecular weight is 625 g/mol. The number of hydrogen-bond acceptors (Lipinski definition) is 6. The Bertz CT molecular complexity index is 1170. The van der Waals surface area contributed by atoms with Crippen LogP contribution in [0.5, 0.6) is 0 Å². The van der Waals surface area contributed by atoms with Crippen LogP contribution in [-0.2, 0) is 36.8 Å². The third-order valence-electron chi connectivity index (χ3n) is 8.09. The van der Waals surface area contributed by atoms with Crippen molar-refractivity contribution in [2.24, 2.45) is 11.8 Å². The summed E-state index contributed by atoms with van der Waals surface area (Å²) in [5.74, 6) is -2.57. The second-order valence-electron chi connectivity index (χ2n) is 12.1. The molecule has 4 amide bonds. The number of hydrogen-bond donors (Lipinski definition) is 3. The van der Waals surface area contributed by atoms with Crippen LogP contribution in [0.4, 0.5) is 4.79 Å². The molecule has 0 radical (unpaired) electrons. The second-order valence-corrected chi connectivity index (χ2v) is 12.1. The van der Waals surface area contributed by atoms with Crippen molar-refractivity contribution in [1.29, 1.82) is 0 Å². The van der Waals surface area contributed by atoms with Gasteiger partial charge in [0.15, 0.2) is 0 Å². The minimum atomic E-state index is -1.07. The molecule has 1 heterocycles. The number of amides is 4. The second kappa shape index (κ2) is 18.8. The highest BCUT2D eigenvalue weighted by molar-refractivity contribution is 6.38. The van der Waals surface area contributed by atoms with E-state index in [0.29, 0.717) is 38.6 Å². The Hall–Kier alpha value is -3.95. The van der Waals surface area contributed by atoms with Gasteiger partial charge in [0, 0.05) is 13.1 Å². The molecule has 10 nitrogen and oxygen atoms in total. The van der Waals surface area contributed by atoms with Gasteiger partial charge < -0.3 is 25.6 Å². The molecule has 1 aliphatic heterocycles. The largest absolute Gasteiger partial charge is 0.446 e. The topological polar surface area (TPSA) is 134 Å². The van der Waals surface area contributed by atoms with Gasteiger partial charge >= 0.3 is 6.09 Å². The summed E-state index contributed by atoms with van der Waals surface area (Å²) in [4.78, 5) is 67.2. The maximum absolute atomic E-state index is 14.1. The molecule has 248 valence electrons. The number of rotatable bonds is 14. The summed E-state index contributed by atoms with van der Waals surface area (Å²) in [6.07, 6.45) is 6.09. The minimum absolute atomic E-state index is 0.0999. The zero-order chi connectivity index (χ0) is 33.5. The molecule has 0 bridgehead atoms. The Morgan fingerprint density at radius 2 is 1.62 bits per heavy atom. The molecular formula is C35H52N4O6. The molecule has 2 unspecified atom stereocenters. The van der Waals surface area contributed by atoms with E-state index in [2.05, 4.69) is 43.0 Å². The maximum Gasteiger partial charge on any atom is 0.408 e. The molecule has 10 heteroatoms. The molecule has 1 aliphatic carbocycles. The highest BCUT2D eigenvalue weighted by Crippen LogP contribution is 2.31. The molecule has 1 saturated heterocycles. The molecule has 0 spiro atoms. The van der Waals surface area contributed by atoms with Gasteiger partial charge in [0.2, 0.25) is 17.6 Å². The smallest absolute Gasteiger partial charge is 0.408 e. The number of nitrogens with one attached hydrogen (secondary N) is 3. The zero-order valence-electron chi connectivity index (χ0n) is 27.6. The summed E-state index contributed by atoms with van der Waals surface area (Å²) in [5, 5.41) is 7.99. The highest BCUT2D eigenvalue weighted by atomic mass is 16.6. The van der Waals surface area contributed by atoms with E-state index in [1.54, 1.807) is 13.0 Å². The number of ketones is 1. The quantitative estimate of drug-likeness (QED) is 0.209. The molecule has 3 rings (SSSR count). The van der Waals surface area contributed by atoms with Crippen LogP contribution < -0.4 is 16.0 Å². The number of ether oxygens (including phenoxy) is 1. The van der Waals surface area contributed by atoms with Gasteiger partial charge in [-0.2, -0.15) is 0 Å². The summed E-state index contributed by atoms with van der Waals surface area (Å²) < 4.78 is 5.54. The van der Waals surface area contributed by atoms with E-state index in [4.69, 9.17) is 4.74 Å². The van der Waals surface area contributed by atoms with Crippen molar-refractivity contribution >= 4 is 29.6 Å². The molecule has 0 saturated carbocycles.